The Kier molecular flexibility index (Phi) is 6.56. The second-order valence-corrected chi connectivity index (χ2v) is 6.87. The molecule has 0 aliphatic rings. The van der Waals surface area contributed by atoms with Crippen molar-refractivity contribution in [2.24, 2.45) is 0 Å². The molecule has 3 rings (SSSR count). The molecule has 138 valence electrons. The molecule has 1 heterocycles. The maximum absolute atomic E-state index is 12.5. The van der Waals surface area contributed by atoms with Crippen LogP contribution in [0.3, 0.4) is 0 Å². The molecule has 1 unspecified atom stereocenters. The van der Waals surface area contributed by atoms with Gasteiger partial charge >= 0.3 is 0 Å². The van der Waals surface area contributed by atoms with E-state index in [4.69, 9.17) is 39.5 Å². The van der Waals surface area contributed by atoms with E-state index in [1.807, 2.05) is 48.5 Å². The summed E-state index contributed by atoms with van der Waals surface area (Å²) in [4.78, 5) is 16.8. The minimum absolute atomic E-state index is 0.228. The lowest BCUT2D eigenvalue weighted by atomic mass is 10.0. The average Bonchev–Trinajstić information content (AvgIpc) is 2.69. The molecule has 2 aromatic carbocycles. The fourth-order valence-electron chi connectivity index (χ4n) is 2.48. The molecule has 0 spiro atoms. The molecular formula is C20H15Cl3N2O2. The van der Waals surface area contributed by atoms with E-state index in [1.165, 1.54) is 12.1 Å². The van der Waals surface area contributed by atoms with E-state index in [9.17, 15) is 4.79 Å². The lowest BCUT2D eigenvalue weighted by Gasteiger charge is -2.19. The minimum Gasteiger partial charge on any atom is -0.482 e. The number of hydrogen-bond acceptors (Lipinski definition) is 3. The smallest absolute Gasteiger partial charge is 0.258 e. The monoisotopic (exact) mass is 420 g/mol. The van der Waals surface area contributed by atoms with Crippen molar-refractivity contribution in [1.29, 1.82) is 0 Å². The van der Waals surface area contributed by atoms with Gasteiger partial charge in [0, 0.05) is 12.3 Å². The highest BCUT2D eigenvalue weighted by atomic mass is 35.5. The number of nitrogens with one attached hydrogen (secondary N) is 1. The Morgan fingerprint density at radius 3 is 2.37 bits per heavy atom. The van der Waals surface area contributed by atoms with Crippen LogP contribution in [0.5, 0.6) is 5.75 Å². The second kappa shape index (κ2) is 9.09. The Labute approximate surface area is 172 Å². The zero-order valence-corrected chi connectivity index (χ0v) is 16.3. The Morgan fingerprint density at radius 2 is 1.67 bits per heavy atom. The lowest BCUT2D eigenvalue weighted by Crippen LogP contribution is -2.33. The molecule has 1 atom stereocenters. The van der Waals surface area contributed by atoms with Gasteiger partial charge in [-0.1, -0.05) is 71.2 Å². The first kappa shape index (κ1) is 19.5. The van der Waals surface area contributed by atoms with E-state index in [-0.39, 0.29) is 23.3 Å². The third kappa shape index (κ3) is 5.13. The average molecular weight is 422 g/mol. The van der Waals surface area contributed by atoms with Gasteiger partial charge in [0.25, 0.3) is 5.91 Å². The zero-order chi connectivity index (χ0) is 19.2. The molecule has 0 aliphatic carbocycles. The van der Waals surface area contributed by atoms with E-state index < -0.39 is 6.04 Å². The molecule has 0 bridgehead atoms. The molecule has 0 fully saturated rings. The number of carbonyl (C=O) groups excluding carboxylic acids is 1. The summed E-state index contributed by atoms with van der Waals surface area (Å²) in [5.41, 5.74) is 1.64. The van der Waals surface area contributed by atoms with Crippen LogP contribution in [0.1, 0.15) is 17.3 Å². The standard InChI is InChI=1S/C20H15Cl3N2O2/c21-14-10-16(23)18(11-15(14)22)27-12-19(26)25-20(13-6-2-1-3-7-13)17-8-4-5-9-24-17/h1-11,20H,12H2,(H,25,26). The van der Waals surface area contributed by atoms with Gasteiger partial charge in [0.2, 0.25) is 0 Å². The van der Waals surface area contributed by atoms with Crippen molar-refractivity contribution in [3.05, 3.63) is 93.2 Å². The maximum atomic E-state index is 12.5. The summed E-state index contributed by atoms with van der Waals surface area (Å²) in [6, 6.07) is 17.7. The Hall–Kier alpha value is -2.27. The molecule has 0 saturated carbocycles. The highest BCUT2D eigenvalue weighted by Gasteiger charge is 2.18. The number of pyridine rings is 1. The van der Waals surface area contributed by atoms with Gasteiger partial charge in [-0.3, -0.25) is 9.78 Å². The molecule has 1 N–H and O–H groups in total. The number of halogens is 3. The van der Waals surface area contributed by atoms with E-state index in [0.717, 1.165) is 11.3 Å². The first-order valence-electron chi connectivity index (χ1n) is 8.07. The number of amides is 1. The normalized spacial score (nSPS) is 11.7. The summed E-state index contributed by atoms with van der Waals surface area (Å²) < 4.78 is 5.50. The quantitative estimate of drug-likeness (QED) is 0.548. The number of rotatable bonds is 6. The molecule has 0 saturated heterocycles. The van der Waals surface area contributed by atoms with Crippen molar-refractivity contribution in [2.45, 2.75) is 6.04 Å². The summed E-state index contributed by atoms with van der Waals surface area (Å²) >= 11 is 17.9. The van der Waals surface area contributed by atoms with Crippen LogP contribution < -0.4 is 10.1 Å². The highest BCUT2D eigenvalue weighted by Crippen LogP contribution is 2.33. The number of benzene rings is 2. The van der Waals surface area contributed by atoms with Crippen LogP contribution in [0, 0.1) is 0 Å². The first-order chi connectivity index (χ1) is 13.0. The van der Waals surface area contributed by atoms with Gasteiger partial charge < -0.3 is 10.1 Å². The predicted octanol–water partition coefficient (Wildman–Crippen LogP) is 5.33. The second-order valence-electron chi connectivity index (χ2n) is 5.65. The topological polar surface area (TPSA) is 51.2 Å². The van der Waals surface area contributed by atoms with Crippen LogP contribution >= 0.6 is 34.8 Å². The van der Waals surface area contributed by atoms with Crippen LogP contribution in [0.4, 0.5) is 0 Å². The van der Waals surface area contributed by atoms with Gasteiger partial charge in [-0.05, 0) is 23.8 Å². The third-order valence-electron chi connectivity index (χ3n) is 3.76. The molecule has 0 aliphatic heterocycles. The van der Waals surface area contributed by atoms with Crippen molar-refractivity contribution < 1.29 is 9.53 Å². The van der Waals surface area contributed by atoms with Crippen LogP contribution in [0.2, 0.25) is 15.1 Å². The number of nitrogens with zero attached hydrogens (tertiary/aromatic N) is 1. The fourth-order valence-corrected chi connectivity index (χ4v) is 3.07. The van der Waals surface area contributed by atoms with Crippen molar-refractivity contribution in [3.8, 4) is 5.75 Å². The van der Waals surface area contributed by atoms with Gasteiger partial charge in [-0.25, -0.2) is 0 Å². The van der Waals surface area contributed by atoms with Crippen molar-refractivity contribution in [2.75, 3.05) is 6.61 Å². The molecule has 0 radical (unpaired) electrons. The van der Waals surface area contributed by atoms with Gasteiger partial charge in [0.15, 0.2) is 6.61 Å². The maximum Gasteiger partial charge on any atom is 0.258 e. The molecule has 7 heteroatoms. The largest absolute Gasteiger partial charge is 0.482 e. The Bertz CT molecular complexity index is 882. The third-order valence-corrected chi connectivity index (χ3v) is 4.77. The van der Waals surface area contributed by atoms with Crippen LogP contribution in [0.25, 0.3) is 0 Å². The molecule has 1 aromatic heterocycles. The minimum atomic E-state index is -0.396. The SMILES string of the molecule is O=C(COc1cc(Cl)c(Cl)cc1Cl)NC(c1ccccc1)c1ccccn1. The van der Waals surface area contributed by atoms with Crippen LogP contribution in [-0.4, -0.2) is 17.5 Å². The summed E-state index contributed by atoms with van der Waals surface area (Å²) in [5.74, 6) is -0.0352. The van der Waals surface area contributed by atoms with Crippen molar-refractivity contribution in [3.63, 3.8) is 0 Å². The summed E-state index contributed by atoms with van der Waals surface area (Å²) in [6.07, 6.45) is 1.68. The highest BCUT2D eigenvalue weighted by molar-refractivity contribution is 6.43. The Balaban J connectivity index is 1.73. The van der Waals surface area contributed by atoms with E-state index in [2.05, 4.69) is 10.3 Å². The van der Waals surface area contributed by atoms with Crippen LogP contribution in [0.15, 0.2) is 66.9 Å². The first-order valence-corrected chi connectivity index (χ1v) is 9.20. The molecular weight excluding hydrogens is 407 g/mol. The molecule has 1 amide bonds. The number of ether oxygens (including phenoxy) is 1. The number of hydrogen-bond donors (Lipinski definition) is 1. The summed E-state index contributed by atoms with van der Waals surface area (Å²) in [7, 11) is 0. The molecule has 3 aromatic rings. The van der Waals surface area contributed by atoms with E-state index in [0.29, 0.717) is 10.0 Å². The van der Waals surface area contributed by atoms with Gasteiger partial charge in [-0.15, -0.1) is 0 Å². The van der Waals surface area contributed by atoms with Gasteiger partial charge in [0.1, 0.15) is 5.75 Å². The Morgan fingerprint density at radius 1 is 0.963 bits per heavy atom. The summed E-state index contributed by atoms with van der Waals surface area (Å²) in [5, 5.41) is 3.83. The van der Waals surface area contributed by atoms with E-state index >= 15 is 0 Å². The zero-order valence-electron chi connectivity index (χ0n) is 14.0. The molecule has 27 heavy (non-hydrogen) atoms. The lowest BCUT2D eigenvalue weighted by molar-refractivity contribution is -0.123. The number of aromatic nitrogens is 1. The van der Waals surface area contributed by atoms with Crippen LogP contribution in [-0.2, 0) is 4.79 Å². The van der Waals surface area contributed by atoms with Gasteiger partial charge in [-0.2, -0.15) is 0 Å². The fraction of sp³-hybridized carbons (Fsp3) is 0.100. The van der Waals surface area contributed by atoms with Crippen molar-refractivity contribution >= 4 is 40.7 Å². The number of carbonyl (C=O) groups is 1. The summed E-state index contributed by atoms with van der Waals surface area (Å²) in [6.45, 7) is -0.228. The van der Waals surface area contributed by atoms with Crippen molar-refractivity contribution in [1.82, 2.24) is 10.3 Å². The predicted molar refractivity (Wildman–Crippen MR) is 108 cm³/mol. The molecule has 4 nitrogen and oxygen atoms in total. The van der Waals surface area contributed by atoms with Gasteiger partial charge in [0.05, 0.1) is 26.8 Å². The van der Waals surface area contributed by atoms with E-state index in [1.54, 1.807) is 6.20 Å².